The summed E-state index contributed by atoms with van der Waals surface area (Å²) in [6.07, 6.45) is -1.13. The van der Waals surface area contributed by atoms with Gasteiger partial charge < -0.3 is 9.64 Å². The minimum absolute atomic E-state index is 0.00591. The van der Waals surface area contributed by atoms with Crippen LogP contribution in [0.3, 0.4) is 0 Å². The number of ether oxygens (including phenoxy) is 1. The van der Waals surface area contributed by atoms with E-state index in [1.165, 1.54) is 29.2 Å². The maximum absolute atomic E-state index is 13.2. The predicted molar refractivity (Wildman–Crippen MR) is 135 cm³/mol. The Morgan fingerprint density at radius 1 is 1.03 bits per heavy atom. The van der Waals surface area contributed by atoms with E-state index in [1.807, 2.05) is 0 Å². The Morgan fingerprint density at radius 2 is 1.62 bits per heavy atom. The highest BCUT2D eigenvalue weighted by molar-refractivity contribution is 6.18. The molecule has 8 nitrogen and oxygen atoms in total. The standard InChI is InChI=1S/C27H22ClFN2O6/c28-14-13-24(26(33)19-1-7-21(29)8-2-19)37-27(34)20-15-25(32)30(16-20)22-9-3-17(4-10-22)18-5-11-23(12-6-18)31(35)36/h1-12,20,24H,13-16H2/t20-,24-/m1/s1. The molecule has 1 aliphatic heterocycles. The van der Waals surface area contributed by atoms with Crippen molar-refractivity contribution in [1.29, 1.82) is 0 Å². The van der Waals surface area contributed by atoms with Crippen molar-refractivity contribution in [3.63, 3.8) is 0 Å². The lowest BCUT2D eigenvalue weighted by Gasteiger charge is -2.19. The molecule has 190 valence electrons. The first kappa shape index (κ1) is 26.0. The zero-order valence-electron chi connectivity index (χ0n) is 19.5. The molecule has 37 heavy (non-hydrogen) atoms. The molecule has 3 aromatic carbocycles. The van der Waals surface area contributed by atoms with Crippen LogP contribution in [-0.2, 0) is 14.3 Å². The Balaban J connectivity index is 1.42. The van der Waals surface area contributed by atoms with Gasteiger partial charge in [-0.3, -0.25) is 24.5 Å². The zero-order valence-corrected chi connectivity index (χ0v) is 20.3. The number of non-ortho nitro benzene ring substituents is 1. The van der Waals surface area contributed by atoms with Crippen LogP contribution in [0.2, 0.25) is 0 Å². The van der Waals surface area contributed by atoms with Crippen LogP contribution in [0.15, 0.2) is 72.8 Å². The van der Waals surface area contributed by atoms with Gasteiger partial charge in [-0.15, -0.1) is 11.6 Å². The third-order valence-electron chi connectivity index (χ3n) is 6.10. The lowest BCUT2D eigenvalue weighted by atomic mass is 10.0. The summed E-state index contributed by atoms with van der Waals surface area (Å²) in [4.78, 5) is 50.2. The molecule has 1 aliphatic rings. The van der Waals surface area contributed by atoms with Crippen molar-refractivity contribution in [1.82, 2.24) is 0 Å². The molecule has 4 rings (SSSR count). The number of esters is 1. The molecule has 0 aliphatic carbocycles. The molecule has 1 saturated heterocycles. The minimum atomic E-state index is -1.14. The van der Waals surface area contributed by atoms with Crippen LogP contribution in [0, 0.1) is 21.8 Å². The average Bonchev–Trinajstić information content (AvgIpc) is 3.30. The summed E-state index contributed by atoms with van der Waals surface area (Å²) >= 11 is 5.81. The number of halogens is 2. The number of amides is 1. The number of nitro groups is 1. The molecule has 0 spiro atoms. The van der Waals surface area contributed by atoms with Gasteiger partial charge in [-0.25, -0.2) is 4.39 Å². The lowest BCUT2D eigenvalue weighted by Crippen LogP contribution is -2.32. The summed E-state index contributed by atoms with van der Waals surface area (Å²) in [5.74, 6) is -2.61. The van der Waals surface area contributed by atoms with Crippen LogP contribution in [0.5, 0.6) is 0 Å². The fraction of sp³-hybridized carbons (Fsp3) is 0.222. The number of benzene rings is 3. The smallest absolute Gasteiger partial charge is 0.312 e. The van der Waals surface area contributed by atoms with Gasteiger partial charge in [0.2, 0.25) is 11.7 Å². The SMILES string of the molecule is O=C(O[C@H](CCCl)C(=O)c1ccc(F)cc1)[C@@H]1CC(=O)N(c2ccc(-c3ccc([N+](=O)[O-])cc3)cc2)C1. The molecule has 0 N–H and O–H groups in total. The predicted octanol–water partition coefficient (Wildman–Crippen LogP) is 5.18. The zero-order chi connectivity index (χ0) is 26.5. The molecular weight excluding hydrogens is 503 g/mol. The first-order valence-electron chi connectivity index (χ1n) is 11.5. The van der Waals surface area contributed by atoms with Gasteiger partial charge in [-0.05, 0) is 59.7 Å². The van der Waals surface area contributed by atoms with Crippen molar-refractivity contribution in [2.45, 2.75) is 18.9 Å². The monoisotopic (exact) mass is 524 g/mol. The van der Waals surface area contributed by atoms with E-state index < -0.39 is 34.5 Å². The maximum Gasteiger partial charge on any atom is 0.312 e. The van der Waals surface area contributed by atoms with Crippen LogP contribution in [0.1, 0.15) is 23.2 Å². The normalized spacial score (nSPS) is 15.9. The summed E-state index contributed by atoms with van der Waals surface area (Å²) in [5.41, 5.74) is 2.37. The van der Waals surface area contributed by atoms with Gasteiger partial charge in [-0.1, -0.05) is 12.1 Å². The third kappa shape index (κ3) is 6.00. The highest BCUT2D eigenvalue weighted by Crippen LogP contribution is 2.30. The van der Waals surface area contributed by atoms with Crippen LogP contribution in [0.4, 0.5) is 15.8 Å². The van der Waals surface area contributed by atoms with E-state index in [1.54, 1.807) is 36.4 Å². The number of ketones is 1. The summed E-state index contributed by atoms with van der Waals surface area (Å²) in [6, 6.07) is 18.1. The second-order valence-corrected chi connectivity index (χ2v) is 8.91. The van der Waals surface area contributed by atoms with Crippen LogP contribution < -0.4 is 4.90 Å². The number of rotatable bonds is 9. The Kier molecular flexibility index (Phi) is 7.93. The number of alkyl halides is 1. The molecule has 1 heterocycles. The van der Waals surface area contributed by atoms with E-state index in [9.17, 15) is 28.9 Å². The second kappa shape index (κ2) is 11.3. The summed E-state index contributed by atoms with van der Waals surface area (Å²) < 4.78 is 18.7. The quantitative estimate of drug-likeness (QED) is 0.125. The largest absolute Gasteiger partial charge is 0.454 e. The number of nitrogens with zero attached hydrogens (tertiary/aromatic N) is 2. The number of hydrogen-bond acceptors (Lipinski definition) is 6. The maximum atomic E-state index is 13.2. The van der Waals surface area contributed by atoms with Crippen molar-refractivity contribution in [2.75, 3.05) is 17.3 Å². The summed E-state index contributed by atoms with van der Waals surface area (Å²) in [5, 5.41) is 10.8. The van der Waals surface area contributed by atoms with Gasteiger partial charge in [-0.2, -0.15) is 0 Å². The molecule has 0 saturated carbocycles. The molecule has 0 aromatic heterocycles. The Labute approximate surface area is 216 Å². The highest BCUT2D eigenvalue weighted by atomic mass is 35.5. The summed E-state index contributed by atoms with van der Waals surface area (Å²) in [6.45, 7) is 0.0902. The van der Waals surface area contributed by atoms with E-state index in [4.69, 9.17) is 16.3 Å². The van der Waals surface area contributed by atoms with E-state index in [-0.39, 0.29) is 42.4 Å². The van der Waals surface area contributed by atoms with Gasteiger partial charge >= 0.3 is 5.97 Å². The first-order chi connectivity index (χ1) is 17.8. The van der Waals surface area contributed by atoms with Crippen LogP contribution >= 0.6 is 11.6 Å². The Morgan fingerprint density at radius 3 is 2.19 bits per heavy atom. The van der Waals surface area contributed by atoms with Gasteiger partial charge in [0.1, 0.15) is 5.82 Å². The third-order valence-corrected chi connectivity index (χ3v) is 6.32. The number of carbonyl (C=O) groups is 3. The van der Waals surface area contributed by atoms with Crippen molar-refractivity contribution in [3.8, 4) is 11.1 Å². The van der Waals surface area contributed by atoms with Crippen molar-refractivity contribution in [2.24, 2.45) is 5.92 Å². The van der Waals surface area contributed by atoms with E-state index in [0.29, 0.717) is 5.69 Å². The fourth-order valence-electron chi connectivity index (χ4n) is 4.10. The van der Waals surface area contributed by atoms with Gasteiger partial charge in [0.25, 0.3) is 5.69 Å². The molecule has 0 bridgehead atoms. The minimum Gasteiger partial charge on any atom is -0.454 e. The van der Waals surface area contributed by atoms with E-state index in [2.05, 4.69) is 0 Å². The Bertz CT molecular complexity index is 1310. The number of nitro benzene ring substituents is 1. The van der Waals surface area contributed by atoms with E-state index >= 15 is 0 Å². The van der Waals surface area contributed by atoms with Gasteiger partial charge in [0.05, 0.1) is 10.8 Å². The van der Waals surface area contributed by atoms with Crippen molar-refractivity contribution < 1.29 is 28.4 Å². The molecular formula is C27H22ClFN2O6. The van der Waals surface area contributed by atoms with Crippen LogP contribution in [0.25, 0.3) is 11.1 Å². The molecule has 1 amide bonds. The van der Waals surface area contributed by atoms with Gasteiger partial charge in [0.15, 0.2) is 6.10 Å². The first-order valence-corrected chi connectivity index (χ1v) is 12.0. The lowest BCUT2D eigenvalue weighted by molar-refractivity contribution is -0.384. The molecule has 10 heteroatoms. The van der Waals surface area contributed by atoms with Gasteiger partial charge in [0, 0.05) is 48.6 Å². The van der Waals surface area contributed by atoms with Crippen molar-refractivity contribution >= 4 is 40.6 Å². The number of anilines is 1. The molecule has 0 radical (unpaired) electrons. The fourth-order valence-corrected chi connectivity index (χ4v) is 4.30. The average molecular weight is 525 g/mol. The number of carbonyl (C=O) groups excluding carboxylic acids is 3. The van der Waals surface area contributed by atoms with Crippen molar-refractivity contribution in [3.05, 3.63) is 94.3 Å². The second-order valence-electron chi connectivity index (χ2n) is 8.53. The Hall–Kier alpha value is -4.11. The molecule has 2 atom stereocenters. The molecule has 1 fully saturated rings. The summed E-state index contributed by atoms with van der Waals surface area (Å²) in [7, 11) is 0. The molecule has 0 unspecified atom stereocenters. The number of hydrogen-bond donors (Lipinski definition) is 0. The number of Topliss-reactive ketones (excluding diaryl/α,β-unsaturated/α-hetero) is 1. The van der Waals surface area contributed by atoms with Crippen LogP contribution in [-0.4, -0.2) is 41.1 Å². The van der Waals surface area contributed by atoms with E-state index in [0.717, 1.165) is 23.3 Å². The topological polar surface area (TPSA) is 107 Å². The molecule has 3 aromatic rings. The highest BCUT2D eigenvalue weighted by Gasteiger charge is 2.38.